The summed E-state index contributed by atoms with van der Waals surface area (Å²) >= 11 is 5.87. The number of benzene rings is 1. The lowest BCUT2D eigenvalue weighted by molar-refractivity contribution is 0.210. The van der Waals surface area contributed by atoms with E-state index in [2.05, 4.69) is 6.92 Å². The molecule has 0 amide bonds. The molecule has 2 N–H and O–H groups in total. The Labute approximate surface area is 90.0 Å². The molecule has 78 valence electrons. The van der Waals surface area contributed by atoms with Crippen LogP contribution in [-0.2, 0) is 0 Å². The topological polar surface area (TPSA) is 35.2 Å². The van der Waals surface area contributed by atoms with Crippen molar-refractivity contribution in [3.63, 3.8) is 0 Å². The van der Waals surface area contributed by atoms with Gasteiger partial charge in [0.2, 0.25) is 0 Å². The largest absolute Gasteiger partial charge is 0.491 e. The molecule has 0 aliphatic heterocycles. The Balaban J connectivity index is 2.63. The van der Waals surface area contributed by atoms with Crippen molar-refractivity contribution in [2.45, 2.75) is 32.8 Å². The summed E-state index contributed by atoms with van der Waals surface area (Å²) in [5.41, 5.74) is 6.18. The molecule has 0 saturated heterocycles. The van der Waals surface area contributed by atoms with Gasteiger partial charge in [0.05, 0.1) is 16.8 Å². The van der Waals surface area contributed by atoms with E-state index in [-0.39, 0.29) is 6.10 Å². The van der Waals surface area contributed by atoms with Gasteiger partial charge in [0.15, 0.2) is 0 Å². The van der Waals surface area contributed by atoms with E-state index in [0.717, 1.165) is 18.6 Å². The number of anilines is 1. The number of halogens is 1. The maximum atomic E-state index is 5.87. The van der Waals surface area contributed by atoms with Crippen LogP contribution in [0.15, 0.2) is 18.2 Å². The quantitative estimate of drug-likeness (QED) is 0.778. The first-order valence-electron chi connectivity index (χ1n) is 4.85. The molecule has 1 unspecified atom stereocenters. The van der Waals surface area contributed by atoms with Gasteiger partial charge in [-0.15, -0.1) is 0 Å². The van der Waals surface area contributed by atoms with Gasteiger partial charge in [-0.1, -0.05) is 24.9 Å². The first-order valence-corrected chi connectivity index (χ1v) is 5.23. The van der Waals surface area contributed by atoms with Crippen molar-refractivity contribution in [3.05, 3.63) is 23.2 Å². The maximum absolute atomic E-state index is 5.87. The molecule has 14 heavy (non-hydrogen) atoms. The Kier molecular flexibility index (Phi) is 4.08. The summed E-state index contributed by atoms with van der Waals surface area (Å²) in [6.45, 7) is 4.18. The molecule has 2 nitrogen and oxygen atoms in total. The van der Waals surface area contributed by atoms with E-state index in [0.29, 0.717) is 10.7 Å². The zero-order valence-corrected chi connectivity index (χ0v) is 9.34. The summed E-state index contributed by atoms with van der Waals surface area (Å²) in [5.74, 6) is 0.783. The van der Waals surface area contributed by atoms with Crippen molar-refractivity contribution in [1.82, 2.24) is 0 Å². The monoisotopic (exact) mass is 213 g/mol. The number of rotatable bonds is 4. The summed E-state index contributed by atoms with van der Waals surface area (Å²) in [7, 11) is 0. The predicted molar refractivity (Wildman–Crippen MR) is 60.9 cm³/mol. The minimum Gasteiger partial charge on any atom is -0.491 e. The zero-order chi connectivity index (χ0) is 10.6. The van der Waals surface area contributed by atoms with Crippen LogP contribution in [-0.4, -0.2) is 6.10 Å². The van der Waals surface area contributed by atoms with Crippen LogP contribution < -0.4 is 10.5 Å². The fraction of sp³-hybridized carbons (Fsp3) is 0.455. The Morgan fingerprint density at radius 2 is 2.21 bits per heavy atom. The Morgan fingerprint density at radius 3 is 2.79 bits per heavy atom. The van der Waals surface area contributed by atoms with Crippen molar-refractivity contribution >= 4 is 17.3 Å². The summed E-state index contributed by atoms with van der Waals surface area (Å²) in [4.78, 5) is 0. The van der Waals surface area contributed by atoms with Crippen LogP contribution in [0.1, 0.15) is 26.7 Å². The fourth-order valence-corrected chi connectivity index (χ4v) is 1.45. The van der Waals surface area contributed by atoms with Gasteiger partial charge in [0.25, 0.3) is 0 Å². The molecule has 0 spiro atoms. The Morgan fingerprint density at radius 1 is 1.50 bits per heavy atom. The second-order valence-corrected chi connectivity index (χ2v) is 3.81. The van der Waals surface area contributed by atoms with Crippen molar-refractivity contribution in [3.8, 4) is 5.75 Å². The molecule has 0 aliphatic carbocycles. The van der Waals surface area contributed by atoms with Crippen molar-refractivity contribution in [1.29, 1.82) is 0 Å². The molecule has 0 aliphatic rings. The average Bonchev–Trinajstić information content (AvgIpc) is 2.12. The highest BCUT2D eigenvalue weighted by Crippen LogP contribution is 2.25. The lowest BCUT2D eigenvalue weighted by atomic mass is 10.2. The van der Waals surface area contributed by atoms with Crippen LogP contribution in [0.25, 0.3) is 0 Å². The van der Waals surface area contributed by atoms with Gasteiger partial charge in [-0.3, -0.25) is 0 Å². The summed E-state index contributed by atoms with van der Waals surface area (Å²) in [6.07, 6.45) is 2.38. The average molecular weight is 214 g/mol. The highest BCUT2D eigenvalue weighted by Gasteiger charge is 2.04. The fourth-order valence-electron chi connectivity index (χ4n) is 1.28. The van der Waals surface area contributed by atoms with Crippen LogP contribution in [0, 0.1) is 0 Å². The van der Waals surface area contributed by atoms with Crippen LogP contribution in [0.3, 0.4) is 0 Å². The Hall–Kier alpha value is -0.890. The smallest absolute Gasteiger partial charge is 0.121 e. The zero-order valence-electron chi connectivity index (χ0n) is 8.59. The van der Waals surface area contributed by atoms with Crippen LogP contribution in [0.4, 0.5) is 5.69 Å². The SMILES string of the molecule is CCCC(C)Oc1ccc(N)c(Cl)c1. The highest BCUT2D eigenvalue weighted by molar-refractivity contribution is 6.33. The maximum Gasteiger partial charge on any atom is 0.121 e. The van der Waals surface area contributed by atoms with E-state index in [1.807, 2.05) is 13.0 Å². The minimum atomic E-state index is 0.222. The predicted octanol–water partition coefficient (Wildman–Crippen LogP) is 3.49. The first-order chi connectivity index (χ1) is 6.63. The molecule has 0 bridgehead atoms. The Bertz CT molecular complexity index is 301. The van der Waals surface area contributed by atoms with Crippen LogP contribution >= 0.6 is 11.6 Å². The van der Waals surface area contributed by atoms with E-state index in [1.54, 1.807) is 12.1 Å². The molecule has 0 radical (unpaired) electrons. The van der Waals surface area contributed by atoms with Crippen LogP contribution in [0.5, 0.6) is 5.75 Å². The van der Waals surface area contributed by atoms with E-state index in [9.17, 15) is 0 Å². The van der Waals surface area contributed by atoms with Crippen molar-refractivity contribution < 1.29 is 4.74 Å². The number of nitrogens with two attached hydrogens (primary N) is 1. The molecule has 1 atom stereocenters. The molecular weight excluding hydrogens is 198 g/mol. The van der Waals surface area contributed by atoms with Gasteiger partial charge in [0.1, 0.15) is 5.75 Å². The molecule has 1 aromatic rings. The minimum absolute atomic E-state index is 0.222. The third-order valence-corrected chi connectivity index (χ3v) is 2.33. The van der Waals surface area contributed by atoms with Gasteiger partial charge in [-0.2, -0.15) is 0 Å². The number of hydrogen-bond acceptors (Lipinski definition) is 2. The van der Waals surface area contributed by atoms with E-state index in [1.165, 1.54) is 0 Å². The van der Waals surface area contributed by atoms with Gasteiger partial charge < -0.3 is 10.5 Å². The molecule has 0 fully saturated rings. The second-order valence-electron chi connectivity index (χ2n) is 3.40. The molecule has 3 heteroatoms. The highest BCUT2D eigenvalue weighted by atomic mass is 35.5. The van der Waals surface area contributed by atoms with E-state index in [4.69, 9.17) is 22.1 Å². The summed E-state index contributed by atoms with van der Waals surface area (Å²) < 4.78 is 5.65. The van der Waals surface area contributed by atoms with Gasteiger partial charge in [0, 0.05) is 6.07 Å². The molecule has 0 aromatic heterocycles. The lowest BCUT2D eigenvalue weighted by Crippen LogP contribution is -2.10. The number of ether oxygens (including phenoxy) is 1. The third kappa shape index (κ3) is 3.11. The third-order valence-electron chi connectivity index (χ3n) is 2.00. The first kappa shape index (κ1) is 11.2. The lowest BCUT2D eigenvalue weighted by Gasteiger charge is -2.14. The van der Waals surface area contributed by atoms with E-state index < -0.39 is 0 Å². The van der Waals surface area contributed by atoms with Gasteiger partial charge >= 0.3 is 0 Å². The number of nitrogen functional groups attached to an aromatic ring is 1. The standard InChI is InChI=1S/C11H16ClNO/c1-3-4-8(2)14-9-5-6-11(13)10(12)7-9/h5-8H,3-4,13H2,1-2H3. The molecule has 1 rings (SSSR count). The van der Waals surface area contributed by atoms with Gasteiger partial charge in [-0.25, -0.2) is 0 Å². The molecular formula is C11H16ClNO. The van der Waals surface area contributed by atoms with Crippen LogP contribution in [0.2, 0.25) is 5.02 Å². The summed E-state index contributed by atoms with van der Waals surface area (Å²) in [6, 6.07) is 5.35. The molecule has 1 aromatic carbocycles. The number of hydrogen-bond donors (Lipinski definition) is 1. The van der Waals surface area contributed by atoms with Crippen molar-refractivity contribution in [2.75, 3.05) is 5.73 Å². The van der Waals surface area contributed by atoms with E-state index >= 15 is 0 Å². The normalized spacial score (nSPS) is 12.5. The van der Waals surface area contributed by atoms with Gasteiger partial charge in [-0.05, 0) is 25.5 Å². The molecule has 0 saturated carbocycles. The second kappa shape index (κ2) is 5.11. The summed E-state index contributed by atoms with van der Waals surface area (Å²) in [5, 5.41) is 0.547. The van der Waals surface area contributed by atoms with Crippen molar-refractivity contribution in [2.24, 2.45) is 0 Å². The molecule has 0 heterocycles.